The molecule has 1 aromatic heterocycles. The van der Waals surface area contributed by atoms with Crippen LogP contribution in [0, 0.1) is 5.92 Å². The lowest BCUT2D eigenvalue weighted by Crippen LogP contribution is -2.31. The van der Waals surface area contributed by atoms with Gasteiger partial charge in [0.15, 0.2) is 0 Å². The standard InChI is InChI=1S/C18H17ClF3N5O/c19-13-5-7-15(8-6-13)27-16(28)9-14(10-24-26-23)25-17(27)11-1-3-12(4-2-11)18(20,21)22/h5-9,11-12H,1-4,10H2. The van der Waals surface area contributed by atoms with Gasteiger partial charge in [0.25, 0.3) is 5.56 Å². The summed E-state index contributed by atoms with van der Waals surface area (Å²) < 4.78 is 40.4. The Labute approximate surface area is 163 Å². The zero-order valence-electron chi connectivity index (χ0n) is 14.7. The summed E-state index contributed by atoms with van der Waals surface area (Å²) in [6.07, 6.45) is -3.68. The second-order valence-corrected chi connectivity index (χ2v) is 7.17. The monoisotopic (exact) mass is 411 g/mol. The van der Waals surface area contributed by atoms with E-state index >= 15 is 0 Å². The molecule has 0 saturated heterocycles. The lowest BCUT2D eigenvalue weighted by molar-refractivity contribution is -0.182. The van der Waals surface area contributed by atoms with E-state index < -0.39 is 12.1 Å². The first-order valence-corrected chi connectivity index (χ1v) is 9.13. The summed E-state index contributed by atoms with van der Waals surface area (Å²) in [7, 11) is 0. The van der Waals surface area contributed by atoms with Gasteiger partial charge in [0, 0.05) is 21.9 Å². The predicted octanol–water partition coefficient (Wildman–Crippen LogP) is 5.53. The Morgan fingerprint density at radius 2 is 1.86 bits per heavy atom. The number of halogens is 4. The minimum absolute atomic E-state index is 0.00870. The molecule has 0 aliphatic heterocycles. The van der Waals surface area contributed by atoms with Crippen LogP contribution in [0.3, 0.4) is 0 Å². The van der Waals surface area contributed by atoms with Crippen molar-refractivity contribution in [1.82, 2.24) is 9.55 Å². The maximum absolute atomic E-state index is 13.0. The van der Waals surface area contributed by atoms with Crippen LogP contribution < -0.4 is 5.56 Å². The van der Waals surface area contributed by atoms with Gasteiger partial charge in [0.05, 0.1) is 23.8 Å². The number of alkyl halides is 3. The highest BCUT2D eigenvalue weighted by atomic mass is 35.5. The van der Waals surface area contributed by atoms with E-state index in [2.05, 4.69) is 15.0 Å². The fourth-order valence-corrected chi connectivity index (χ4v) is 3.66. The zero-order chi connectivity index (χ0) is 20.3. The lowest BCUT2D eigenvalue weighted by Gasteiger charge is -2.30. The van der Waals surface area contributed by atoms with Crippen LogP contribution in [0.1, 0.15) is 43.1 Å². The maximum Gasteiger partial charge on any atom is 0.391 e. The molecule has 0 bridgehead atoms. The second-order valence-electron chi connectivity index (χ2n) is 6.73. The van der Waals surface area contributed by atoms with E-state index in [-0.39, 0.29) is 43.7 Å². The van der Waals surface area contributed by atoms with Crippen molar-refractivity contribution in [2.75, 3.05) is 0 Å². The van der Waals surface area contributed by atoms with E-state index in [4.69, 9.17) is 17.1 Å². The van der Waals surface area contributed by atoms with Crippen molar-refractivity contribution in [1.29, 1.82) is 0 Å². The smallest absolute Gasteiger partial charge is 0.269 e. The predicted molar refractivity (Wildman–Crippen MR) is 98.4 cm³/mol. The van der Waals surface area contributed by atoms with E-state index in [9.17, 15) is 18.0 Å². The van der Waals surface area contributed by atoms with Gasteiger partial charge in [-0.25, -0.2) is 4.98 Å². The number of hydrogen-bond donors (Lipinski definition) is 0. The van der Waals surface area contributed by atoms with Crippen molar-refractivity contribution >= 4 is 11.6 Å². The van der Waals surface area contributed by atoms with Gasteiger partial charge in [-0.15, -0.1) is 0 Å². The van der Waals surface area contributed by atoms with Crippen molar-refractivity contribution in [3.05, 3.63) is 67.7 Å². The van der Waals surface area contributed by atoms with Crippen LogP contribution in [0.2, 0.25) is 5.02 Å². The van der Waals surface area contributed by atoms with Crippen LogP contribution >= 0.6 is 11.6 Å². The van der Waals surface area contributed by atoms with Crippen molar-refractivity contribution in [2.24, 2.45) is 11.0 Å². The van der Waals surface area contributed by atoms with Gasteiger partial charge in [-0.2, -0.15) is 13.2 Å². The highest BCUT2D eigenvalue weighted by Gasteiger charge is 2.42. The van der Waals surface area contributed by atoms with Gasteiger partial charge in [-0.1, -0.05) is 16.7 Å². The first-order valence-electron chi connectivity index (χ1n) is 8.76. The molecule has 1 aliphatic rings. The Morgan fingerprint density at radius 3 is 2.43 bits per heavy atom. The second kappa shape index (κ2) is 8.24. The van der Waals surface area contributed by atoms with Gasteiger partial charge in [-0.3, -0.25) is 9.36 Å². The molecule has 148 valence electrons. The highest BCUT2D eigenvalue weighted by molar-refractivity contribution is 6.30. The number of azide groups is 1. The lowest BCUT2D eigenvalue weighted by atomic mass is 9.81. The third kappa shape index (κ3) is 4.48. The Morgan fingerprint density at radius 1 is 1.21 bits per heavy atom. The van der Waals surface area contributed by atoms with Crippen LogP contribution in [-0.2, 0) is 6.54 Å². The quantitative estimate of drug-likeness (QED) is 0.376. The molecule has 1 fully saturated rings. The maximum atomic E-state index is 13.0. The molecule has 0 spiro atoms. The summed E-state index contributed by atoms with van der Waals surface area (Å²) in [6, 6.07) is 7.84. The molecule has 0 unspecified atom stereocenters. The first kappa shape index (κ1) is 20.2. The van der Waals surface area contributed by atoms with Gasteiger partial charge in [-0.05, 0) is 55.5 Å². The summed E-state index contributed by atoms with van der Waals surface area (Å²) >= 11 is 5.91. The number of rotatable bonds is 4. The molecule has 6 nitrogen and oxygen atoms in total. The Balaban J connectivity index is 2.01. The average molecular weight is 412 g/mol. The Bertz CT molecular complexity index is 943. The number of nitrogens with zero attached hydrogens (tertiary/aromatic N) is 5. The van der Waals surface area contributed by atoms with Crippen LogP contribution in [0.25, 0.3) is 16.1 Å². The van der Waals surface area contributed by atoms with Crippen molar-refractivity contribution < 1.29 is 13.2 Å². The third-order valence-corrected chi connectivity index (χ3v) is 5.19. The molecule has 0 amide bonds. The number of aromatic nitrogens is 2. The Kier molecular flexibility index (Phi) is 5.96. The highest BCUT2D eigenvalue weighted by Crippen LogP contribution is 2.42. The van der Waals surface area contributed by atoms with Gasteiger partial charge in [0.1, 0.15) is 5.82 Å². The van der Waals surface area contributed by atoms with Gasteiger partial charge >= 0.3 is 6.18 Å². The molecule has 1 saturated carbocycles. The fourth-order valence-electron chi connectivity index (χ4n) is 3.54. The third-order valence-electron chi connectivity index (χ3n) is 4.93. The van der Waals surface area contributed by atoms with E-state index in [1.165, 1.54) is 10.6 Å². The van der Waals surface area contributed by atoms with E-state index in [0.29, 0.717) is 22.2 Å². The fraction of sp³-hybridized carbons (Fsp3) is 0.444. The minimum atomic E-state index is -4.21. The molecule has 0 radical (unpaired) electrons. The summed E-state index contributed by atoms with van der Waals surface area (Å²) in [5.41, 5.74) is 8.95. The van der Waals surface area contributed by atoms with Crippen molar-refractivity contribution in [3.63, 3.8) is 0 Å². The summed E-state index contributed by atoms with van der Waals surface area (Å²) in [5.74, 6) is -1.24. The van der Waals surface area contributed by atoms with Crippen LogP contribution in [0.5, 0.6) is 0 Å². The molecule has 28 heavy (non-hydrogen) atoms. The topological polar surface area (TPSA) is 83.7 Å². The van der Waals surface area contributed by atoms with Gasteiger partial charge in [0.2, 0.25) is 0 Å². The molecule has 0 N–H and O–H groups in total. The summed E-state index contributed by atoms with van der Waals surface area (Å²) in [4.78, 5) is 19.9. The molecular formula is C18H17ClF3N5O. The number of hydrogen-bond acceptors (Lipinski definition) is 3. The minimum Gasteiger partial charge on any atom is -0.269 e. The largest absolute Gasteiger partial charge is 0.391 e. The van der Waals surface area contributed by atoms with Gasteiger partial charge < -0.3 is 0 Å². The molecule has 2 aromatic rings. The first-order chi connectivity index (χ1) is 13.3. The van der Waals surface area contributed by atoms with E-state index in [0.717, 1.165) is 0 Å². The summed E-state index contributed by atoms with van der Waals surface area (Å²) in [5, 5.41) is 3.93. The normalized spacial score (nSPS) is 19.9. The molecule has 10 heteroatoms. The molecule has 1 heterocycles. The van der Waals surface area contributed by atoms with E-state index in [1.807, 2.05) is 0 Å². The summed E-state index contributed by atoms with van der Waals surface area (Å²) in [6.45, 7) is -0.0991. The van der Waals surface area contributed by atoms with E-state index in [1.54, 1.807) is 24.3 Å². The SMILES string of the molecule is [N-]=[N+]=NCc1cc(=O)n(-c2ccc(Cl)cc2)c(C2CCC(C(F)(F)F)CC2)n1. The van der Waals surface area contributed by atoms with Crippen LogP contribution in [0.15, 0.2) is 40.2 Å². The average Bonchev–Trinajstić information content (AvgIpc) is 2.66. The molecule has 1 aliphatic carbocycles. The van der Waals surface area contributed by atoms with Crippen LogP contribution in [0.4, 0.5) is 13.2 Å². The molecule has 1 aromatic carbocycles. The van der Waals surface area contributed by atoms with Crippen molar-refractivity contribution in [3.8, 4) is 5.69 Å². The van der Waals surface area contributed by atoms with Crippen molar-refractivity contribution in [2.45, 2.75) is 44.3 Å². The Hall–Kier alpha value is -2.51. The van der Waals surface area contributed by atoms with Crippen LogP contribution in [-0.4, -0.2) is 15.7 Å². The molecular weight excluding hydrogens is 395 g/mol. The molecule has 0 atom stereocenters. The molecule has 3 rings (SSSR count). The zero-order valence-corrected chi connectivity index (χ0v) is 15.5. The number of benzene rings is 1.